The number of hydrogen-bond donors (Lipinski definition) is 2. The first-order valence-electron chi connectivity index (χ1n) is 8.06. The van der Waals surface area contributed by atoms with Crippen molar-refractivity contribution in [2.75, 3.05) is 0 Å². The Kier molecular flexibility index (Phi) is 5.06. The summed E-state index contributed by atoms with van der Waals surface area (Å²) in [6.07, 6.45) is 7.23. The van der Waals surface area contributed by atoms with E-state index in [2.05, 4.69) is 19.2 Å². The minimum atomic E-state index is -0.811. The summed E-state index contributed by atoms with van der Waals surface area (Å²) in [5.41, 5.74) is 0. The lowest BCUT2D eigenvalue weighted by Gasteiger charge is -2.23. The SMILES string of the molecule is CCC1C[C@H](C(=O)NC(C)C2CCCC2)[C@H](C(=O)O)C1. The van der Waals surface area contributed by atoms with Gasteiger partial charge >= 0.3 is 5.97 Å². The predicted octanol–water partition coefficient (Wildman–Crippen LogP) is 2.82. The smallest absolute Gasteiger partial charge is 0.307 e. The highest BCUT2D eigenvalue weighted by molar-refractivity contribution is 5.85. The molecule has 2 aliphatic carbocycles. The zero-order valence-electron chi connectivity index (χ0n) is 12.6. The number of carboxylic acids is 1. The second-order valence-corrected chi connectivity index (χ2v) is 6.64. The van der Waals surface area contributed by atoms with Crippen LogP contribution in [0.5, 0.6) is 0 Å². The van der Waals surface area contributed by atoms with E-state index in [1.54, 1.807) is 0 Å². The minimum absolute atomic E-state index is 0.0345. The number of carbonyl (C=O) groups excluding carboxylic acids is 1. The fourth-order valence-electron chi connectivity index (χ4n) is 3.95. The summed E-state index contributed by atoms with van der Waals surface area (Å²) < 4.78 is 0. The number of nitrogens with one attached hydrogen (secondary N) is 1. The molecule has 0 spiro atoms. The molecule has 0 aromatic carbocycles. The molecule has 0 aliphatic heterocycles. The van der Waals surface area contributed by atoms with Crippen LogP contribution in [0.1, 0.15) is 58.8 Å². The Morgan fingerprint density at radius 1 is 1.20 bits per heavy atom. The molecule has 4 atom stereocenters. The van der Waals surface area contributed by atoms with Crippen LogP contribution in [0.4, 0.5) is 0 Å². The van der Waals surface area contributed by atoms with Gasteiger partial charge in [-0.1, -0.05) is 26.2 Å². The summed E-state index contributed by atoms with van der Waals surface area (Å²) in [4.78, 5) is 23.8. The van der Waals surface area contributed by atoms with Gasteiger partial charge in [0.25, 0.3) is 0 Å². The molecule has 0 radical (unpaired) electrons. The van der Waals surface area contributed by atoms with Crippen LogP contribution in [0.3, 0.4) is 0 Å². The average molecular weight is 281 g/mol. The Balaban J connectivity index is 1.94. The molecule has 1 amide bonds. The van der Waals surface area contributed by atoms with Gasteiger partial charge < -0.3 is 10.4 Å². The highest BCUT2D eigenvalue weighted by Crippen LogP contribution is 2.38. The van der Waals surface area contributed by atoms with Crippen molar-refractivity contribution in [3.63, 3.8) is 0 Å². The number of amides is 1. The maximum atomic E-state index is 12.4. The van der Waals surface area contributed by atoms with E-state index in [0.717, 1.165) is 12.8 Å². The topological polar surface area (TPSA) is 66.4 Å². The molecule has 2 saturated carbocycles. The van der Waals surface area contributed by atoms with Gasteiger partial charge in [-0.3, -0.25) is 9.59 Å². The summed E-state index contributed by atoms with van der Waals surface area (Å²) in [5, 5.41) is 12.4. The van der Waals surface area contributed by atoms with Gasteiger partial charge in [0, 0.05) is 6.04 Å². The first-order valence-corrected chi connectivity index (χ1v) is 8.06. The highest BCUT2D eigenvalue weighted by Gasteiger charge is 2.42. The number of aliphatic carboxylic acids is 1. The molecule has 2 aliphatic rings. The molecule has 0 aromatic heterocycles. The molecule has 2 unspecified atom stereocenters. The van der Waals surface area contributed by atoms with Crippen molar-refractivity contribution in [3.8, 4) is 0 Å². The molecule has 2 rings (SSSR count). The van der Waals surface area contributed by atoms with Crippen LogP contribution in [-0.4, -0.2) is 23.0 Å². The largest absolute Gasteiger partial charge is 0.481 e. The molecule has 0 heterocycles. The van der Waals surface area contributed by atoms with Crippen LogP contribution in [0.2, 0.25) is 0 Å². The predicted molar refractivity (Wildman–Crippen MR) is 77.2 cm³/mol. The van der Waals surface area contributed by atoms with Gasteiger partial charge in [0.2, 0.25) is 5.91 Å². The summed E-state index contributed by atoms with van der Waals surface area (Å²) in [7, 11) is 0. The molecular formula is C16H27NO3. The van der Waals surface area contributed by atoms with E-state index in [1.807, 2.05) is 0 Å². The Bertz CT molecular complexity index is 363. The van der Waals surface area contributed by atoms with Gasteiger partial charge in [-0.2, -0.15) is 0 Å². The van der Waals surface area contributed by atoms with Crippen LogP contribution in [-0.2, 0) is 9.59 Å². The van der Waals surface area contributed by atoms with Crippen molar-refractivity contribution < 1.29 is 14.7 Å². The lowest BCUT2D eigenvalue weighted by Crippen LogP contribution is -2.42. The lowest BCUT2D eigenvalue weighted by atomic mass is 9.93. The van der Waals surface area contributed by atoms with Crippen molar-refractivity contribution >= 4 is 11.9 Å². The first kappa shape index (κ1) is 15.3. The molecule has 2 fully saturated rings. The number of rotatable bonds is 5. The molecular weight excluding hydrogens is 254 g/mol. The van der Waals surface area contributed by atoms with Crippen LogP contribution >= 0.6 is 0 Å². The third kappa shape index (κ3) is 3.33. The minimum Gasteiger partial charge on any atom is -0.481 e. The fraction of sp³-hybridized carbons (Fsp3) is 0.875. The molecule has 0 bridgehead atoms. The van der Waals surface area contributed by atoms with Crippen molar-refractivity contribution in [2.24, 2.45) is 23.7 Å². The van der Waals surface area contributed by atoms with Gasteiger partial charge in [-0.15, -0.1) is 0 Å². The molecule has 2 N–H and O–H groups in total. The standard InChI is InChI=1S/C16H27NO3/c1-3-11-8-13(14(9-11)16(19)20)15(18)17-10(2)12-6-4-5-7-12/h10-14H,3-9H2,1-2H3,(H,17,18)(H,19,20)/t10?,11?,13-,14+/m0/s1. The van der Waals surface area contributed by atoms with E-state index >= 15 is 0 Å². The molecule has 4 heteroatoms. The lowest BCUT2D eigenvalue weighted by molar-refractivity contribution is -0.146. The van der Waals surface area contributed by atoms with Crippen molar-refractivity contribution in [2.45, 2.75) is 64.8 Å². The Labute approximate surface area is 121 Å². The Morgan fingerprint density at radius 3 is 2.35 bits per heavy atom. The van der Waals surface area contributed by atoms with Crippen molar-refractivity contribution in [3.05, 3.63) is 0 Å². The number of hydrogen-bond acceptors (Lipinski definition) is 2. The number of carbonyl (C=O) groups is 2. The summed E-state index contributed by atoms with van der Waals surface area (Å²) in [6, 6.07) is 0.181. The van der Waals surface area contributed by atoms with E-state index in [9.17, 15) is 14.7 Å². The second-order valence-electron chi connectivity index (χ2n) is 6.64. The fourth-order valence-corrected chi connectivity index (χ4v) is 3.95. The molecule has 4 nitrogen and oxygen atoms in total. The van der Waals surface area contributed by atoms with Gasteiger partial charge in [0.15, 0.2) is 0 Å². The van der Waals surface area contributed by atoms with E-state index in [-0.39, 0.29) is 17.9 Å². The molecule has 0 aromatic rings. The second kappa shape index (κ2) is 6.59. The van der Waals surface area contributed by atoms with Crippen LogP contribution in [0.25, 0.3) is 0 Å². The van der Waals surface area contributed by atoms with Gasteiger partial charge in [-0.05, 0) is 44.4 Å². The number of carboxylic acid groups (broad SMARTS) is 1. The van der Waals surface area contributed by atoms with Gasteiger partial charge in [0.1, 0.15) is 0 Å². The zero-order valence-corrected chi connectivity index (χ0v) is 12.6. The van der Waals surface area contributed by atoms with E-state index in [0.29, 0.717) is 18.3 Å². The molecule has 0 saturated heterocycles. The van der Waals surface area contributed by atoms with Crippen LogP contribution < -0.4 is 5.32 Å². The first-order chi connectivity index (χ1) is 9.52. The van der Waals surface area contributed by atoms with Gasteiger partial charge in [0.05, 0.1) is 11.8 Å². The van der Waals surface area contributed by atoms with Crippen LogP contribution in [0, 0.1) is 23.7 Å². The molecule has 20 heavy (non-hydrogen) atoms. The third-order valence-electron chi connectivity index (χ3n) is 5.37. The molecule has 114 valence electrons. The Morgan fingerprint density at radius 2 is 1.80 bits per heavy atom. The summed E-state index contributed by atoms with van der Waals surface area (Å²) in [6.45, 7) is 4.14. The van der Waals surface area contributed by atoms with Crippen LogP contribution in [0.15, 0.2) is 0 Å². The highest BCUT2D eigenvalue weighted by atomic mass is 16.4. The summed E-state index contributed by atoms with van der Waals surface area (Å²) in [5.74, 6) is -0.710. The summed E-state index contributed by atoms with van der Waals surface area (Å²) >= 11 is 0. The quantitative estimate of drug-likeness (QED) is 0.814. The van der Waals surface area contributed by atoms with E-state index in [1.165, 1.54) is 25.7 Å². The monoisotopic (exact) mass is 281 g/mol. The van der Waals surface area contributed by atoms with E-state index < -0.39 is 11.9 Å². The van der Waals surface area contributed by atoms with Gasteiger partial charge in [-0.25, -0.2) is 0 Å². The van der Waals surface area contributed by atoms with Crippen molar-refractivity contribution in [1.82, 2.24) is 5.32 Å². The Hall–Kier alpha value is -1.06. The zero-order chi connectivity index (χ0) is 14.7. The van der Waals surface area contributed by atoms with Crippen molar-refractivity contribution in [1.29, 1.82) is 0 Å². The average Bonchev–Trinajstić information content (AvgIpc) is 3.07. The maximum Gasteiger partial charge on any atom is 0.307 e. The normalized spacial score (nSPS) is 32.2. The van der Waals surface area contributed by atoms with E-state index in [4.69, 9.17) is 0 Å². The maximum absolute atomic E-state index is 12.4. The third-order valence-corrected chi connectivity index (χ3v) is 5.37.